The lowest BCUT2D eigenvalue weighted by Crippen LogP contribution is -2.29. The van der Waals surface area contributed by atoms with Crippen LogP contribution in [0.4, 0.5) is 5.69 Å². The molecule has 3 N–H and O–H groups in total. The number of amides is 2. The second-order valence-corrected chi connectivity index (χ2v) is 4.95. The lowest BCUT2D eigenvalue weighted by molar-refractivity contribution is -0.145. The maximum Gasteiger partial charge on any atom is 0.307 e. The van der Waals surface area contributed by atoms with Crippen LogP contribution in [-0.4, -0.2) is 29.9 Å². The highest BCUT2D eigenvalue weighted by molar-refractivity contribution is 5.94. The Labute approximate surface area is 123 Å². The molecule has 2 amide bonds. The van der Waals surface area contributed by atoms with Gasteiger partial charge in [0.2, 0.25) is 11.8 Å². The van der Waals surface area contributed by atoms with Gasteiger partial charge in [0.05, 0.1) is 12.3 Å². The van der Waals surface area contributed by atoms with Gasteiger partial charge in [-0.1, -0.05) is 26.0 Å². The molecule has 0 radical (unpaired) electrons. The van der Waals surface area contributed by atoms with Crippen LogP contribution >= 0.6 is 0 Å². The summed E-state index contributed by atoms with van der Waals surface area (Å²) >= 11 is 0. The van der Waals surface area contributed by atoms with E-state index in [0.717, 1.165) is 5.56 Å². The number of hydrogen-bond donors (Lipinski definition) is 3. The molecule has 1 aromatic carbocycles. The van der Waals surface area contributed by atoms with Gasteiger partial charge in [-0.05, 0) is 17.7 Å². The summed E-state index contributed by atoms with van der Waals surface area (Å²) in [5.41, 5.74) is 1.41. The number of hydrogen-bond acceptors (Lipinski definition) is 3. The van der Waals surface area contributed by atoms with Crippen LogP contribution in [0.2, 0.25) is 0 Å². The summed E-state index contributed by atoms with van der Waals surface area (Å²) in [6, 6.07) is 6.87. The van der Waals surface area contributed by atoms with Crippen molar-refractivity contribution in [3.05, 3.63) is 29.8 Å². The Hall–Kier alpha value is -2.37. The Balaban J connectivity index is 2.65. The highest BCUT2D eigenvalue weighted by atomic mass is 16.4. The van der Waals surface area contributed by atoms with E-state index in [1.165, 1.54) is 6.92 Å². The first-order chi connectivity index (χ1) is 9.85. The molecule has 2 atom stereocenters. The van der Waals surface area contributed by atoms with Crippen LogP contribution in [0.3, 0.4) is 0 Å². The molecule has 6 heteroatoms. The molecule has 0 bridgehead atoms. The molecular weight excluding hydrogens is 272 g/mol. The van der Waals surface area contributed by atoms with Gasteiger partial charge in [0.25, 0.3) is 0 Å². The zero-order valence-electron chi connectivity index (χ0n) is 12.3. The minimum absolute atomic E-state index is 0.0873. The number of carboxylic acids is 1. The molecule has 0 saturated carbocycles. The van der Waals surface area contributed by atoms with Gasteiger partial charge in [-0.25, -0.2) is 0 Å². The Bertz CT molecular complexity index is 525. The van der Waals surface area contributed by atoms with Crippen LogP contribution in [0.5, 0.6) is 0 Å². The monoisotopic (exact) mass is 292 g/mol. The van der Waals surface area contributed by atoms with Gasteiger partial charge < -0.3 is 15.7 Å². The van der Waals surface area contributed by atoms with Gasteiger partial charge in [0, 0.05) is 18.7 Å². The van der Waals surface area contributed by atoms with Crippen LogP contribution < -0.4 is 10.6 Å². The quantitative estimate of drug-likeness (QED) is 0.735. The van der Waals surface area contributed by atoms with Gasteiger partial charge in [0.1, 0.15) is 0 Å². The normalized spacial score (nSPS) is 13.1. The maximum atomic E-state index is 11.9. The predicted molar refractivity (Wildman–Crippen MR) is 78.8 cm³/mol. The number of carbonyl (C=O) groups is 3. The maximum absolute atomic E-state index is 11.9. The van der Waals surface area contributed by atoms with E-state index in [1.807, 2.05) is 0 Å². The van der Waals surface area contributed by atoms with Crippen LogP contribution in [-0.2, 0) is 20.8 Å². The molecule has 0 aliphatic carbocycles. The summed E-state index contributed by atoms with van der Waals surface area (Å²) in [6.45, 7) is 3.08. The molecule has 0 fully saturated rings. The summed E-state index contributed by atoms with van der Waals surface area (Å²) in [6.07, 6.45) is 0.275. The number of benzene rings is 1. The van der Waals surface area contributed by atoms with Crippen molar-refractivity contribution in [1.82, 2.24) is 5.32 Å². The fourth-order valence-corrected chi connectivity index (χ4v) is 1.68. The van der Waals surface area contributed by atoms with Crippen LogP contribution in [0.25, 0.3) is 0 Å². The topological polar surface area (TPSA) is 95.5 Å². The van der Waals surface area contributed by atoms with Gasteiger partial charge in [-0.3, -0.25) is 14.4 Å². The van der Waals surface area contributed by atoms with Crippen LogP contribution in [0.15, 0.2) is 24.3 Å². The van der Waals surface area contributed by atoms with Crippen molar-refractivity contribution in [1.29, 1.82) is 0 Å². The third-order valence-corrected chi connectivity index (χ3v) is 3.42. The summed E-state index contributed by atoms with van der Waals surface area (Å²) < 4.78 is 0. The predicted octanol–water partition coefficient (Wildman–Crippen LogP) is 1.27. The van der Waals surface area contributed by atoms with Gasteiger partial charge in [0.15, 0.2) is 0 Å². The van der Waals surface area contributed by atoms with Crippen molar-refractivity contribution in [3.8, 4) is 0 Å². The molecule has 1 rings (SSSR count). The molecule has 0 heterocycles. The lowest BCUT2D eigenvalue weighted by Gasteiger charge is -2.15. The van der Waals surface area contributed by atoms with Crippen molar-refractivity contribution >= 4 is 23.5 Å². The van der Waals surface area contributed by atoms with Crippen molar-refractivity contribution in [2.75, 3.05) is 12.4 Å². The minimum atomic E-state index is -1.00. The van der Waals surface area contributed by atoms with Gasteiger partial charge in [-0.2, -0.15) is 0 Å². The zero-order valence-corrected chi connectivity index (χ0v) is 12.3. The Morgan fingerprint density at radius 1 is 1.10 bits per heavy atom. The smallest absolute Gasteiger partial charge is 0.307 e. The first-order valence-corrected chi connectivity index (χ1v) is 6.68. The molecule has 2 unspecified atom stereocenters. The Kier molecular flexibility index (Phi) is 5.90. The average Bonchev–Trinajstić information content (AvgIpc) is 2.47. The summed E-state index contributed by atoms with van der Waals surface area (Å²) in [5.74, 6) is -2.82. The van der Waals surface area contributed by atoms with E-state index in [1.54, 1.807) is 38.2 Å². The van der Waals surface area contributed by atoms with Crippen molar-refractivity contribution in [3.63, 3.8) is 0 Å². The average molecular weight is 292 g/mol. The van der Waals surface area contributed by atoms with E-state index in [4.69, 9.17) is 5.11 Å². The zero-order chi connectivity index (χ0) is 16.0. The molecule has 0 spiro atoms. The molecular formula is C15H20N2O4. The van der Waals surface area contributed by atoms with Crippen molar-refractivity contribution in [2.24, 2.45) is 11.8 Å². The van der Waals surface area contributed by atoms with E-state index in [-0.39, 0.29) is 18.2 Å². The summed E-state index contributed by atoms with van der Waals surface area (Å²) in [5, 5.41) is 14.1. The fourth-order valence-electron chi connectivity index (χ4n) is 1.68. The molecule has 1 aromatic rings. The number of aliphatic carboxylic acids is 1. The van der Waals surface area contributed by atoms with E-state index in [2.05, 4.69) is 10.6 Å². The van der Waals surface area contributed by atoms with Crippen LogP contribution in [0.1, 0.15) is 19.4 Å². The second-order valence-electron chi connectivity index (χ2n) is 4.95. The van der Waals surface area contributed by atoms with E-state index >= 15 is 0 Å². The third-order valence-electron chi connectivity index (χ3n) is 3.42. The highest BCUT2D eigenvalue weighted by Gasteiger charge is 2.25. The standard InChI is InChI=1S/C15H20N2O4/c1-9(10(2)15(20)21)14(19)17-12-6-4-11(5-7-12)8-13(18)16-3/h4-7,9-10H,8H2,1-3H3,(H,16,18)(H,17,19)(H,20,21). The summed E-state index contributed by atoms with van der Waals surface area (Å²) in [7, 11) is 1.57. The van der Waals surface area contributed by atoms with Gasteiger partial charge in [-0.15, -0.1) is 0 Å². The minimum Gasteiger partial charge on any atom is -0.481 e. The molecule has 0 saturated heterocycles. The number of likely N-dealkylation sites (N-methyl/N-ethyl adjacent to an activating group) is 1. The van der Waals surface area contributed by atoms with Crippen LogP contribution in [0, 0.1) is 11.8 Å². The number of anilines is 1. The fraction of sp³-hybridized carbons (Fsp3) is 0.400. The number of carboxylic acid groups (broad SMARTS) is 1. The molecule has 0 aromatic heterocycles. The number of nitrogens with one attached hydrogen (secondary N) is 2. The second kappa shape index (κ2) is 7.42. The molecule has 21 heavy (non-hydrogen) atoms. The molecule has 0 aliphatic rings. The summed E-state index contributed by atoms with van der Waals surface area (Å²) in [4.78, 5) is 34.0. The lowest BCUT2D eigenvalue weighted by atomic mass is 9.95. The first kappa shape index (κ1) is 16.7. The van der Waals surface area contributed by atoms with E-state index < -0.39 is 17.8 Å². The largest absolute Gasteiger partial charge is 0.481 e. The third kappa shape index (κ3) is 4.91. The van der Waals surface area contributed by atoms with E-state index in [9.17, 15) is 14.4 Å². The Morgan fingerprint density at radius 3 is 2.14 bits per heavy atom. The molecule has 0 aliphatic heterocycles. The van der Waals surface area contributed by atoms with Crippen molar-refractivity contribution < 1.29 is 19.5 Å². The molecule has 6 nitrogen and oxygen atoms in total. The Morgan fingerprint density at radius 2 is 1.67 bits per heavy atom. The SMILES string of the molecule is CNC(=O)Cc1ccc(NC(=O)C(C)C(C)C(=O)O)cc1. The van der Waals surface area contributed by atoms with Gasteiger partial charge >= 0.3 is 5.97 Å². The number of rotatable bonds is 6. The van der Waals surface area contributed by atoms with E-state index in [0.29, 0.717) is 5.69 Å². The first-order valence-electron chi connectivity index (χ1n) is 6.68. The highest BCUT2D eigenvalue weighted by Crippen LogP contribution is 2.16. The number of carbonyl (C=O) groups excluding carboxylic acids is 2. The van der Waals surface area contributed by atoms with Crippen molar-refractivity contribution in [2.45, 2.75) is 20.3 Å². The molecule has 114 valence electrons.